The van der Waals surface area contributed by atoms with Crippen LogP contribution in [0.2, 0.25) is 0 Å². The van der Waals surface area contributed by atoms with Gasteiger partial charge in [0, 0.05) is 5.56 Å². The van der Waals surface area contributed by atoms with Gasteiger partial charge in [-0.05, 0) is 56.2 Å². The zero-order chi connectivity index (χ0) is 18.8. The fourth-order valence-electron chi connectivity index (χ4n) is 2.21. The molecule has 0 saturated heterocycles. The molecule has 25 heavy (non-hydrogen) atoms. The average molecular weight is 350 g/mol. The van der Waals surface area contributed by atoms with Crippen LogP contribution in [0.4, 0.5) is 13.2 Å². The highest BCUT2D eigenvalue weighted by molar-refractivity contribution is 5.92. The molecule has 0 aliphatic carbocycles. The number of esters is 1. The first-order valence-electron chi connectivity index (χ1n) is 7.51. The lowest BCUT2D eigenvalue weighted by Gasteiger charge is -2.19. The summed E-state index contributed by atoms with van der Waals surface area (Å²) in [5, 5.41) is 0. The van der Waals surface area contributed by atoms with Crippen LogP contribution >= 0.6 is 0 Å². The minimum Gasteiger partial charge on any atom is -0.456 e. The third-order valence-corrected chi connectivity index (χ3v) is 3.34. The van der Waals surface area contributed by atoms with Crippen molar-refractivity contribution in [2.45, 2.75) is 32.5 Å². The summed E-state index contributed by atoms with van der Waals surface area (Å²) in [5.41, 5.74) is -0.525. The maximum atomic E-state index is 12.9. The van der Waals surface area contributed by atoms with Gasteiger partial charge in [-0.1, -0.05) is 18.2 Å². The standard InChI is InChI=1S/C19H17F3O3/c1-18(2,3)25-17(24)13-6-4-12(5-7-13)16-10-15(19(20,21)22)9-8-14(16)11-23/h4-11H,1-3H3. The average Bonchev–Trinajstić information content (AvgIpc) is 2.52. The van der Waals surface area contributed by atoms with Gasteiger partial charge in [-0.15, -0.1) is 0 Å². The fourth-order valence-corrected chi connectivity index (χ4v) is 2.21. The molecule has 0 fully saturated rings. The lowest BCUT2D eigenvalue weighted by Crippen LogP contribution is -2.23. The number of halogens is 3. The van der Waals surface area contributed by atoms with Crippen molar-refractivity contribution in [3.63, 3.8) is 0 Å². The quantitative estimate of drug-likeness (QED) is 0.569. The van der Waals surface area contributed by atoms with Gasteiger partial charge in [0.1, 0.15) is 5.60 Å². The number of hydrogen-bond acceptors (Lipinski definition) is 3. The molecule has 0 spiro atoms. The van der Waals surface area contributed by atoms with Crippen molar-refractivity contribution >= 4 is 12.3 Å². The molecule has 0 N–H and O–H groups in total. The topological polar surface area (TPSA) is 43.4 Å². The van der Waals surface area contributed by atoms with E-state index in [2.05, 4.69) is 0 Å². The number of benzene rings is 2. The second-order valence-electron chi connectivity index (χ2n) is 6.50. The van der Waals surface area contributed by atoms with Gasteiger partial charge in [-0.2, -0.15) is 13.2 Å². The van der Waals surface area contributed by atoms with Crippen LogP contribution in [0, 0.1) is 0 Å². The van der Waals surface area contributed by atoms with E-state index in [1.165, 1.54) is 24.3 Å². The number of alkyl halides is 3. The Morgan fingerprint density at radius 1 is 1.00 bits per heavy atom. The maximum absolute atomic E-state index is 12.9. The number of aldehydes is 1. The molecule has 0 radical (unpaired) electrons. The van der Waals surface area contributed by atoms with Crippen molar-refractivity contribution in [2.75, 3.05) is 0 Å². The summed E-state index contributed by atoms with van der Waals surface area (Å²) >= 11 is 0. The summed E-state index contributed by atoms with van der Waals surface area (Å²) in [7, 11) is 0. The molecule has 132 valence electrons. The predicted octanol–water partition coefficient (Wildman–Crippen LogP) is 5.14. The normalized spacial score (nSPS) is 11.9. The summed E-state index contributed by atoms with van der Waals surface area (Å²) in [6.07, 6.45) is -4.01. The summed E-state index contributed by atoms with van der Waals surface area (Å²) in [6.45, 7) is 5.20. The van der Waals surface area contributed by atoms with E-state index in [1.807, 2.05) is 0 Å². The molecule has 0 atom stereocenters. The molecule has 0 bridgehead atoms. The van der Waals surface area contributed by atoms with E-state index < -0.39 is 23.3 Å². The smallest absolute Gasteiger partial charge is 0.416 e. The van der Waals surface area contributed by atoms with Crippen molar-refractivity contribution in [3.8, 4) is 11.1 Å². The third kappa shape index (κ3) is 4.68. The van der Waals surface area contributed by atoms with E-state index in [9.17, 15) is 22.8 Å². The van der Waals surface area contributed by atoms with Gasteiger partial charge in [0.25, 0.3) is 0 Å². The van der Waals surface area contributed by atoms with E-state index in [4.69, 9.17) is 4.74 Å². The van der Waals surface area contributed by atoms with Crippen molar-refractivity contribution in [1.82, 2.24) is 0 Å². The van der Waals surface area contributed by atoms with Gasteiger partial charge < -0.3 is 4.74 Å². The molecule has 3 nitrogen and oxygen atoms in total. The highest BCUT2D eigenvalue weighted by atomic mass is 19.4. The van der Waals surface area contributed by atoms with Gasteiger partial charge in [-0.3, -0.25) is 4.79 Å². The Morgan fingerprint density at radius 2 is 1.60 bits per heavy atom. The number of rotatable bonds is 3. The van der Waals surface area contributed by atoms with Crippen molar-refractivity contribution in [3.05, 3.63) is 59.2 Å². The summed E-state index contributed by atoms with van der Waals surface area (Å²) in [6, 6.07) is 8.81. The fraction of sp³-hybridized carbons (Fsp3) is 0.263. The van der Waals surface area contributed by atoms with Gasteiger partial charge in [0.05, 0.1) is 11.1 Å². The predicted molar refractivity (Wildman–Crippen MR) is 87.4 cm³/mol. The van der Waals surface area contributed by atoms with Crippen LogP contribution in [0.1, 0.15) is 47.1 Å². The van der Waals surface area contributed by atoms with Crippen LogP contribution in [0.3, 0.4) is 0 Å². The summed E-state index contributed by atoms with van der Waals surface area (Å²) in [4.78, 5) is 23.1. The molecule has 0 aromatic heterocycles. The Bertz CT molecular complexity index is 785. The molecule has 2 rings (SSSR count). The first-order chi connectivity index (χ1) is 11.5. The molecule has 0 aliphatic rings. The maximum Gasteiger partial charge on any atom is 0.416 e. The van der Waals surface area contributed by atoms with E-state index in [0.29, 0.717) is 11.8 Å². The second kappa shape index (κ2) is 6.70. The van der Waals surface area contributed by atoms with E-state index >= 15 is 0 Å². The largest absolute Gasteiger partial charge is 0.456 e. The van der Waals surface area contributed by atoms with Crippen molar-refractivity contribution < 1.29 is 27.5 Å². The second-order valence-corrected chi connectivity index (χ2v) is 6.50. The molecule has 0 saturated carbocycles. The van der Waals surface area contributed by atoms with Crippen molar-refractivity contribution in [1.29, 1.82) is 0 Å². The lowest BCUT2D eigenvalue weighted by atomic mass is 9.97. The van der Waals surface area contributed by atoms with Crippen LogP contribution in [0.5, 0.6) is 0 Å². The molecule has 0 amide bonds. The minimum atomic E-state index is -4.51. The Balaban J connectivity index is 2.39. The number of carbonyl (C=O) groups is 2. The molecular weight excluding hydrogens is 333 g/mol. The Hall–Kier alpha value is -2.63. The molecular formula is C19H17F3O3. The van der Waals surface area contributed by atoms with Crippen LogP contribution in [-0.2, 0) is 10.9 Å². The Labute approximate surface area is 143 Å². The van der Waals surface area contributed by atoms with Crippen LogP contribution in [-0.4, -0.2) is 17.9 Å². The molecule has 0 aliphatic heterocycles. The van der Waals surface area contributed by atoms with Gasteiger partial charge >= 0.3 is 12.1 Å². The molecule has 2 aromatic rings. The van der Waals surface area contributed by atoms with Gasteiger partial charge in [-0.25, -0.2) is 4.79 Å². The Morgan fingerprint density at radius 3 is 2.08 bits per heavy atom. The Kier molecular flexibility index (Phi) is 5.02. The minimum absolute atomic E-state index is 0.137. The number of ether oxygens (including phenoxy) is 1. The number of hydrogen-bond donors (Lipinski definition) is 0. The SMILES string of the molecule is CC(C)(C)OC(=O)c1ccc(-c2cc(C(F)(F)F)ccc2C=O)cc1. The first kappa shape index (κ1) is 18.7. The summed E-state index contributed by atoms with van der Waals surface area (Å²) < 4.78 is 43.9. The molecule has 2 aromatic carbocycles. The van der Waals surface area contributed by atoms with E-state index in [-0.39, 0.29) is 16.7 Å². The first-order valence-corrected chi connectivity index (χ1v) is 7.51. The highest BCUT2D eigenvalue weighted by Crippen LogP contribution is 2.33. The highest BCUT2D eigenvalue weighted by Gasteiger charge is 2.31. The molecule has 6 heteroatoms. The van der Waals surface area contributed by atoms with Crippen LogP contribution in [0.15, 0.2) is 42.5 Å². The third-order valence-electron chi connectivity index (χ3n) is 3.34. The van der Waals surface area contributed by atoms with E-state index in [0.717, 1.165) is 18.2 Å². The van der Waals surface area contributed by atoms with Crippen LogP contribution < -0.4 is 0 Å². The molecule has 0 heterocycles. The van der Waals surface area contributed by atoms with E-state index in [1.54, 1.807) is 20.8 Å². The zero-order valence-electron chi connectivity index (χ0n) is 14.0. The van der Waals surface area contributed by atoms with Gasteiger partial charge in [0.15, 0.2) is 6.29 Å². The summed E-state index contributed by atoms with van der Waals surface area (Å²) in [5.74, 6) is -0.529. The molecule has 0 unspecified atom stereocenters. The monoisotopic (exact) mass is 350 g/mol. The zero-order valence-corrected chi connectivity index (χ0v) is 14.0. The number of carbonyl (C=O) groups excluding carboxylic acids is 2. The lowest BCUT2D eigenvalue weighted by molar-refractivity contribution is -0.137. The van der Waals surface area contributed by atoms with Crippen LogP contribution in [0.25, 0.3) is 11.1 Å². The van der Waals surface area contributed by atoms with Crippen molar-refractivity contribution in [2.24, 2.45) is 0 Å². The van der Waals surface area contributed by atoms with Gasteiger partial charge in [0.2, 0.25) is 0 Å².